The Kier molecular flexibility index (Phi) is 4.41. The fraction of sp³-hybridized carbons (Fsp3) is 0.150. The maximum Gasteiger partial charge on any atom is 0.335 e. The van der Waals surface area contributed by atoms with Gasteiger partial charge in [-0.1, -0.05) is 35.9 Å². The van der Waals surface area contributed by atoms with Crippen LogP contribution < -0.4 is 5.32 Å². The number of carbonyl (C=O) groups is 2. The third kappa shape index (κ3) is 3.44. The standard InChI is InChI=1S/C20H16ClN3O3/c21-15-7-1-12(2-8-15)11-24-19-17(10-22-24)16(9-18(25)23-19)13-3-5-14(6-4-13)20(26)27/h1-8,10,16H,9,11H2,(H,23,25)(H,26,27)/t16-/m1/s1. The van der Waals surface area contributed by atoms with Gasteiger partial charge in [0.25, 0.3) is 0 Å². The Morgan fingerprint density at radius 1 is 1.19 bits per heavy atom. The van der Waals surface area contributed by atoms with Crippen LogP contribution in [0, 0.1) is 0 Å². The highest BCUT2D eigenvalue weighted by molar-refractivity contribution is 6.30. The number of anilines is 1. The van der Waals surface area contributed by atoms with Crippen molar-refractivity contribution in [1.29, 1.82) is 0 Å². The van der Waals surface area contributed by atoms with Crippen molar-refractivity contribution in [3.05, 3.63) is 82.0 Å². The normalized spacial score (nSPS) is 15.9. The predicted molar refractivity (Wildman–Crippen MR) is 101 cm³/mol. The van der Waals surface area contributed by atoms with Crippen LogP contribution in [-0.4, -0.2) is 26.8 Å². The van der Waals surface area contributed by atoms with Crippen LogP contribution in [0.1, 0.15) is 39.4 Å². The molecule has 27 heavy (non-hydrogen) atoms. The number of aromatic carboxylic acids is 1. The number of hydrogen-bond acceptors (Lipinski definition) is 3. The van der Waals surface area contributed by atoms with Gasteiger partial charge in [0.15, 0.2) is 0 Å². The molecule has 2 aromatic carbocycles. The van der Waals surface area contributed by atoms with E-state index in [4.69, 9.17) is 16.7 Å². The average Bonchev–Trinajstić information content (AvgIpc) is 3.05. The molecule has 7 heteroatoms. The first-order valence-electron chi connectivity index (χ1n) is 8.44. The molecule has 0 saturated carbocycles. The second kappa shape index (κ2) is 6.89. The number of hydrogen-bond donors (Lipinski definition) is 2. The van der Waals surface area contributed by atoms with Gasteiger partial charge >= 0.3 is 5.97 Å². The second-order valence-corrected chi connectivity index (χ2v) is 6.90. The first-order valence-corrected chi connectivity index (χ1v) is 8.82. The van der Waals surface area contributed by atoms with E-state index in [9.17, 15) is 9.59 Å². The van der Waals surface area contributed by atoms with Gasteiger partial charge in [0.1, 0.15) is 5.82 Å². The summed E-state index contributed by atoms with van der Waals surface area (Å²) in [6.45, 7) is 0.511. The number of carboxylic acid groups (broad SMARTS) is 1. The zero-order chi connectivity index (χ0) is 19.0. The van der Waals surface area contributed by atoms with Gasteiger partial charge in [-0.3, -0.25) is 4.79 Å². The lowest BCUT2D eigenvalue weighted by Gasteiger charge is -2.24. The maximum atomic E-state index is 12.3. The van der Waals surface area contributed by atoms with Crippen LogP contribution in [0.4, 0.5) is 5.82 Å². The molecule has 136 valence electrons. The molecule has 6 nitrogen and oxygen atoms in total. The number of aromatic nitrogens is 2. The highest BCUT2D eigenvalue weighted by atomic mass is 35.5. The fourth-order valence-corrected chi connectivity index (χ4v) is 3.43. The number of halogens is 1. The van der Waals surface area contributed by atoms with E-state index in [0.29, 0.717) is 23.8 Å². The smallest absolute Gasteiger partial charge is 0.335 e. The Bertz CT molecular complexity index is 1010. The van der Waals surface area contributed by atoms with Gasteiger partial charge in [-0.25, -0.2) is 9.48 Å². The minimum Gasteiger partial charge on any atom is -0.478 e. The van der Waals surface area contributed by atoms with E-state index in [1.54, 1.807) is 35.1 Å². The molecule has 3 aromatic rings. The summed E-state index contributed by atoms with van der Waals surface area (Å²) in [4.78, 5) is 23.3. The van der Waals surface area contributed by atoms with E-state index in [0.717, 1.165) is 16.7 Å². The number of nitrogens with one attached hydrogen (secondary N) is 1. The van der Waals surface area contributed by atoms with Crippen LogP contribution in [0.15, 0.2) is 54.7 Å². The molecule has 1 aliphatic rings. The van der Waals surface area contributed by atoms with Gasteiger partial charge in [-0.15, -0.1) is 0 Å². The molecule has 1 amide bonds. The summed E-state index contributed by atoms with van der Waals surface area (Å²) in [5.74, 6) is -0.545. The Morgan fingerprint density at radius 2 is 1.89 bits per heavy atom. The van der Waals surface area contributed by atoms with E-state index in [-0.39, 0.29) is 17.4 Å². The summed E-state index contributed by atoms with van der Waals surface area (Å²) in [6, 6.07) is 14.1. The Hall–Kier alpha value is -3.12. The molecule has 0 bridgehead atoms. The van der Waals surface area contributed by atoms with Gasteiger partial charge in [0, 0.05) is 22.9 Å². The SMILES string of the molecule is O=C1C[C@H](c2ccc(C(=O)O)cc2)c2cnn(Cc3ccc(Cl)cc3)c2N1. The minimum absolute atomic E-state index is 0.0901. The predicted octanol–water partition coefficient (Wildman–Crippen LogP) is 3.76. The van der Waals surface area contributed by atoms with Crippen LogP contribution in [0.3, 0.4) is 0 Å². The zero-order valence-electron chi connectivity index (χ0n) is 14.2. The van der Waals surface area contributed by atoms with Crippen molar-refractivity contribution in [2.45, 2.75) is 18.9 Å². The topological polar surface area (TPSA) is 84.2 Å². The van der Waals surface area contributed by atoms with Crippen molar-refractivity contribution < 1.29 is 14.7 Å². The molecule has 0 saturated heterocycles. The van der Waals surface area contributed by atoms with Gasteiger partial charge in [-0.05, 0) is 35.4 Å². The molecule has 1 aliphatic heterocycles. The van der Waals surface area contributed by atoms with E-state index in [1.807, 2.05) is 24.3 Å². The number of amides is 1. The second-order valence-electron chi connectivity index (χ2n) is 6.46. The molecule has 0 unspecified atom stereocenters. The number of rotatable bonds is 4. The molecule has 0 aliphatic carbocycles. The van der Waals surface area contributed by atoms with Crippen LogP contribution in [0.2, 0.25) is 5.02 Å². The van der Waals surface area contributed by atoms with Crippen LogP contribution >= 0.6 is 11.6 Å². The monoisotopic (exact) mass is 381 g/mol. The Morgan fingerprint density at radius 3 is 2.56 bits per heavy atom. The molecule has 4 rings (SSSR count). The lowest BCUT2D eigenvalue weighted by Crippen LogP contribution is -2.25. The average molecular weight is 382 g/mol. The summed E-state index contributed by atoms with van der Waals surface area (Å²) >= 11 is 5.93. The molecule has 0 radical (unpaired) electrons. The van der Waals surface area contributed by atoms with E-state index >= 15 is 0 Å². The lowest BCUT2D eigenvalue weighted by molar-refractivity contribution is -0.116. The Labute approximate surface area is 160 Å². The van der Waals surface area contributed by atoms with Crippen molar-refractivity contribution in [1.82, 2.24) is 9.78 Å². The number of carbonyl (C=O) groups excluding carboxylic acids is 1. The molecular formula is C20H16ClN3O3. The first kappa shape index (κ1) is 17.3. The van der Waals surface area contributed by atoms with Crippen molar-refractivity contribution in [3.8, 4) is 0 Å². The summed E-state index contributed by atoms with van der Waals surface area (Å²) in [5.41, 5.74) is 3.05. The third-order valence-electron chi connectivity index (χ3n) is 4.70. The lowest BCUT2D eigenvalue weighted by atomic mass is 9.87. The van der Waals surface area contributed by atoms with E-state index in [2.05, 4.69) is 10.4 Å². The molecule has 2 heterocycles. The van der Waals surface area contributed by atoms with Gasteiger partial charge < -0.3 is 10.4 Å². The number of benzene rings is 2. The maximum absolute atomic E-state index is 12.3. The number of fused-ring (bicyclic) bond motifs is 1. The highest BCUT2D eigenvalue weighted by Crippen LogP contribution is 2.37. The number of nitrogens with zero attached hydrogens (tertiary/aromatic N) is 2. The van der Waals surface area contributed by atoms with E-state index in [1.165, 1.54) is 0 Å². The highest BCUT2D eigenvalue weighted by Gasteiger charge is 2.30. The fourth-order valence-electron chi connectivity index (χ4n) is 3.31. The van der Waals surface area contributed by atoms with Gasteiger partial charge in [-0.2, -0.15) is 5.10 Å². The van der Waals surface area contributed by atoms with Crippen LogP contribution in [0.5, 0.6) is 0 Å². The minimum atomic E-state index is -0.973. The van der Waals surface area contributed by atoms with Crippen LogP contribution in [0.25, 0.3) is 0 Å². The van der Waals surface area contributed by atoms with Crippen molar-refractivity contribution in [2.75, 3.05) is 5.32 Å². The summed E-state index contributed by atoms with van der Waals surface area (Å²) in [6.07, 6.45) is 2.06. The molecule has 2 N–H and O–H groups in total. The van der Waals surface area contributed by atoms with Crippen molar-refractivity contribution in [3.63, 3.8) is 0 Å². The van der Waals surface area contributed by atoms with Gasteiger partial charge in [0.2, 0.25) is 5.91 Å². The molecule has 1 atom stereocenters. The van der Waals surface area contributed by atoms with Crippen LogP contribution in [-0.2, 0) is 11.3 Å². The molecule has 0 fully saturated rings. The Balaban J connectivity index is 1.66. The molecular weight excluding hydrogens is 366 g/mol. The summed E-state index contributed by atoms with van der Waals surface area (Å²) in [5, 5.41) is 17.1. The number of carboxylic acids is 1. The summed E-state index contributed by atoms with van der Waals surface area (Å²) < 4.78 is 1.76. The van der Waals surface area contributed by atoms with Crippen molar-refractivity contribution >= 4 is 29.3 Å². The molecule has 1 aromatic heterocycles. The van der Waals surface area contributed by atoms with Gasteiger partial charge in [0.05, 0.1) is 18.3 Å². The van der Waals surface area contributed by atoms with E-state index < -0.39 is 5.97 Å². The quantitative estimate of drug-likeness (QED) is 0.720. The third-order valence-corrected chi connectivity index (χ3v) is 4.95. The first-order chi connectivity index (χ1) is 13.0. The zero-order valence-corrected chi connectivity index (χ0v) is 15.0. The molecule has 0 spiro atoms. The van der Waals surface area contributed by atoms with Crippen molar-refractivity contribution in [2.24, 2.45) is 0 Å². The largest absolute Gasteiger partial charge is 0.478 e. The summed E-state index contributed by atoms with van der Waals surface area (Å²) in [7, 11) is 0.